The highest BCUT2D eigenvalue weighted by atomic mass is 16.5. The largest absolute Gasteiger partial charge is 0.363 e. The molecular weight excluding hydrogens is 348 g/mol. The molecule has 164 valence electrons. The van der Waals surface area contributed by atoms with E-state index in [1.807, 2.05) is 13.8 Å². The summed E-state index contributed by atoms with van der Waals surface area (Å²) in [6.07, 6.45) is 21.1. The average Bonchev–Trinajstić information content (AvgIpc) is 2.77. The lowest BCUT2D eigenvalue weighted by Crippen LogP contribution is -2.54. The number of rotatable bonds is 16. The molecule has 1 unspecified atom stereocenters. The van der Waals surface area contributed by atoms with Crippen LogP contribution in [0.1, 0.15) is 117 Å². The topological polar surface area (TPSA) is 50.7 Å². The Bertz CT molecular complexity index is 448. The van der Waals surface area contributed by atoms with E-state index in [1.165, 1.54) is 77.0 Å². The molecule has 1 rings (SSSR count). The van der Waals surface area contributed by atoms with E-state index in [9.17, 15) is 4.79 Å². The van der Waals surface area contributed by atoms with E-state index in [-0.39, 0.29) is 11.4 Å². The Kier molecular flexibility index (Phi) is 12.7. The Labute approximate surface area is 174 Å². The number of unbranched alkanes of at least 4 members (excludes halogenated alkanes) is 13. The van der Waals surface area contributed by atoms with E-state index in [4.69, 9.17) is 4.74 Å². The fraction of sp³-hybridized carbons (Fsp3) is 0.917. The van der Waals surface area contributed by atoms with Gasteiger partial charge in [0.05, 0.1) is 12.1 Å². The van der Waals surface area contributed by atoms with Gasteiger partial charge >= 0.3 is 0 Å². The Morgan fingerprint density at radius 1 is 0.893 bits per heavy atom. The van der Waals surface area contributed by atoms with E-state index < -0.39 is 5.60 Å². The normalized spacial score (nSPS) is 21.5. The van der Waals surface area contributed by atoms with Crippen LogP contribution in [0.3, 0.4) is 0 Å². The fourth-order valence-corrected chi connectivity index (χ4v) is 3.94. The van der Waals surface area contributed by atoms with Crippen LogP contribution in [0.15, 0.2) is 4.99 Å². The molecule has 0 aromatic rings. The van der Waals surface area contributed by atoms with Crippen molar-refractivity contribution in [3.05, 3.63) is 0 Å². The van der Waals surface area contributed by atoms with Gasteiger partial charge in [0, 0.05) is 13.3 Å². The van der Waals surface area contributed by atoms with E-state index in [0.29, 0.717) is 13.0 Å². The van der Waals surface area contributed by atoms with Gasteiger partial charge in [0.25, 0.3) is 5.91 Å². The minimum absolute atomic E-state index is 0.0454. The maximum absolute atomic E-state index is 12.6. The molecule has 0 aliphatic carbocycles. The van der Waals surface area contributed by atoms with Gasteiger partial charge in [-0.05, 0) is 26.7 Å². The molecule has 0 bridgehead atoms. The second-order valence-electron chi connectivity index (χ2n) is 9.25. The van der Waals surface area contributed by atoms with Crippen molar-refractivity contribution < 1.29 is 9.53 Å². The highest BCUT2D eigenvalue weighted by molar-refractivity contribution is 6.02. The number of hydrogen-bond acceptors (Lipinski definition) is 3. The van der Waals surface area contributed by atoms with Crippen LogP contribution in [-0.2, 0) is 9.53 Å². The monoisotopic (exact) mass is 394 g/mol. The number of methoxy groups -OCH3 is 1. The zero-order valence-corrected chi connectivity index (χ0v) is 19.2. The number of ether oxygens (including phenoxy) is 1. The summed E-state index contributed by atoms with van der Waals surface area (Å²) in [6.45, 7) is 6.88. The molecule has 0 fully saturated rings. The summed E-state index contributed by atoms with van der Waals surface area (Å²) < 4.78 is 5.62. The molecule has 4 heteroatoms. The molecule has 1 N–H and O–H groups in total. The third kappa shape index (κ3) is 10.0. The van der Waals surface area contributed by atoms with Crippen molar-refractivity contribution in [1.82, 2.24) is 5.32 Å². The summed E-state index contributed by atoms with van der Waals surface area (Å²) in [7, 11) is 1.62. The molecule has 1 atom stereocenters. The minimum Gasteiger partial charge on any atom is -0.363 e. The van der Waals surface area contributed by atoms with Crippen molar-refractivity contribution in [3.8, 4) is 0 Å². The van der Waals surface area contributed by atoms with E-state index >= 15 is 0 Å². The van der Waals surface area contributed by atoms with Gasteiger partial charge in [-0.1, -0.05) is 90.4 Å². The van der Waals surface area contributed by atoms with Gasteiger partial charge in [-0.25, -0.2) is 0 Å². The van der Waals surface area contributed by atoms with Gasteiger partial charge in [-0.15, -0.1) is 0 Å². The molecule has 4 nitrogen and oxygen atoms in total. The Morgan fingerprint density at radius 3 is 1.82 bits per heavy atom. The third-order valence-electron chi connectivity index (χ3n) is 5.89. The molecule has 1 aliphatic rings. The van der Waals surface area contributed by atoms with Crippen LogP contribution in [0.5, 0.6) is 0 Å². The Balaban J connectivity index is 2.05. The first-order valence-electron chi connectivity index (χ1n) is 11.8. The van der Waals surface area contributed by atoms with Crippen molar-refractivity contribution in [2.24, 2.45) is 4.99 Å². The Morgan fingerprint density at radius 2 is 1.36 bits per heavy atom. The maximum Gasteiger partial charge on any atom is 0.258 e. The summed E-state index contributed by atoms with van der Waals surface area (Å²) in [5.41, 5.74) is -1.19. The predicted octanol–water partition coefficient (Wildman–Crippen LogP) is 6.22. The van der Waals surface area contributed by atoms with Crippen molar-refractivity contribution in [2.45, 2.75) is 128 Å². The van der Waals surface area contributed by atoms with Crippen molar-refractivity contribution in [3.63, 3.8) is 0 Å². The molecule has 0 aromatic carbocycles. The number of hydrogen-bond donors (Lipinski definition) is 1. The first-order valence-corrected chi connectivity index (χ1v) is 11.8. The van der Waals surface area contributed by atoms with Crippen LogP contribution in [0.4, 0.5) is 0 Å². The highest BCUT2D eigenvalue weighted by Crippen LogP contribution is 2.23. The maximum atomic E-state index is 12.6. The quantitative estimate of drug-likeness (QED) is 0.316. The predicted molar refractivity (Wildman–Crippen MR) is 120 cm³/mol. The molecule has 1 heterocycles. The van der Waals surface area contributed by atoms with Crippen LogP contribution in [0.2, 0.25) is 0 Å². The van der Waals surface area contributed by atoms with Crippen LogP contribution in [0, 0.1) is 0 Å². The van der Waals surface area contributed by atoms with Crippen LogP contribution in [-0.4, -0.2) is 36.9 Å². The molecule has 0 saturated heterocycles. The zero-order chi connectivity index (χ0) is 20.7. The smallest absolute Gasteiger partial charge is 0.258 e. The second-order valence-corrected chi connectivity index (χ2v) is 9.25. The van der Waals surface area contributed by atoms with Gasteiger partial charge in [-0.3, -0.25) is 9.79 Å². The lowest BCUT2D eigenvalue weighted by atomic mass is 9.94. The molecule has 0 saturated carbocycles. The van der Waals surface area contributed by atoms with Crippen molar-refractivity contribution in [1.29, 1.82) is 0 Å². The van der Waals surface area contributed by atoms with Crippen LogP contribution >= 0.6 is 0 Å². The van der Waals surface area contributed by atoms with Crippen LogP contribution < -0.4 is 5.32 Å². The lowest BCUT2D eigenvalue weighted by molar-refractivity contribution is -0.137. The third-order valence-corrected chi connectivity index (χ3v) is 5.89. The molecule has 1 amide bonds. The summed E-state index contributed by atoms with van der Waals surface area (Å²) in [4.78, 5) is 17.1. The van der Waals surface area contributed by atoms with Gasteiger partial charge < -0.3 is 10.1 Å². The number of carbonyl (C=O) groups is 1. The zero-order valence-electron chi connectivity index (χ0n) is 19.2. The molecule has 0 radical (unpaired) electrons. The number of nitrogens with one attached hydrogen (secondary N) is 1. The SMILES string of the molecule is CCCCCCCCCCCCCCCCC1(OC)C=NCC(C)(C)NC1=O. The summed E-state index contributed by atoms with van der Waals surface area (Å²) in [5, 5.41) is 3.07. The van der Waals surface area contributed by atoms with E-state index in [2.05, 4.69) is 17.2 Å². The number of carbonyl (C=O) groups excluding carboxylic acids is 1. The molecule has 28 heavy (non-hydrogen) atoms. The molecule has 0 aromatic heterocycles. The van der Waals surface area contributed by atoms with Gasteiger partial charge in [0.2, 0.25) is 0 Å². The highest BCUT2D eigenvalue weighted by Gasteiger charge is 2.40. The van der Waals surface area contributed by atoms with E-state index in [1.54, 1.807) is 13.3 Å². The molecule has 0 spiro atoms. The van der Waals surface area contributed by atoms with Gasteiger partial charge in [-0.2, -0.15) is 0 Å². The lowest BCUT2D eigenvalue weighted by Gasteiger charge is -2.29. The van der Waals surface area contributed by atoms with Gasteiger partial charge in [0.15, 0.2) is 5.60 Å². The standard InChI is InChI=1S/C24H46N2O2/c1-5-6-7-8-9-10-11-12-13-14-15-16-17-18-19-24(28-4)21-25-20-23(2,3)26-22(24)27/h21H,5-20H2,1-4H3,(H,26,27). The summed E-state index contributed by atoms with van der Waals surface area (Å²) in [5.74, 6) is -0.0454. The van der Waals surface area contributed by atoms with Crippen molar-refractivity contribution >= 4 is 12.1 Å². The number of amides is 1. The Hall–Kier alpha value is -0.900. The minimum atomic E-state index is -0.884. The van der Waals surface area contributed by atoms with Crippen LogP contribution in [0.25, 0.3) is 0 Å². The number of aliphatic imine (C=N–C) groups is 1. The first kappa shape index (κ1) is 25.1. The van der Waals surface area contributed by atoms with E-state index in [0.717, 1.165) is 12.8 Å². The number of nitrogens with zero attached hydrogens (tertiary/aromatic N) is 1. The second kappa shape index (κ2) is 14.1. The summed E-state index contributed by atoms with van der Waals surface area (Å²) >= 11 is 0. The molecular formula is C24H46N2O2. The van der Waals surface area contributed by atoms with Crippen molar-refractivity contribution in [2.75, 3.05) is 13.7 Å². The summed E-state index contributed by atoms with van der Waals surface area (Å²) in [6, 6.07) is 0. The fourth-order valence-electron chi connectivity index (χ4n) is 3.94. The first-order chi connectivity index (χ1) is 13.5. The van der Waals surface area contributed by atoms with Gasteiger partial charge in [0.1, 0.15) is 0 Å². The molecule has 1 aliphatic heterocycles. The average molecular weight is 395 g/mol.